The Labute approximate surface area is 173 Å². The molecule has 0 radical (unpaired) electrons. The van der Waals surface area contributed by atoms with Crippen LogP contribution in [0.3, 0.4) is 0 Å². The Balaban J connectivity index is 1.90. The molecule has 0 bridgehead atoms. The van der Waals surface area contributed by atoms with E-state index in [1.165, 1.54) is 0 Å². The minimum absolute atomic E-state index is 0.563. The van der Waals surface area contributed by atoms with E-state index in [-0.39, 0.29) is 0 Å². The second kappa shape index (κ2) is 10.0. The smallest absolute Gasteiger partial charge is 0.0572 e. The lowest BCUT2D eigenvalue weighted by atomic mass is 10.2. The molecule has 0 aliphatic heterocycles. The van der Waals surface area contributed by atoms with Crippen molar-refractivity contribution in [3.63, 3.8) is 0 Å². The van der Waals surface area contributed by atoms with Gasteiger partial charge in [0.15, 0.2) is 0 Å². The van der Waals surface area contributed by atoms with Crippen molar-refractivity contribution < 1.29 is 0 Å². The van der Waals surface area contributed by atoms with Gasteiger partial charge in [0.2, 0.25) is 0 Å². The predicted molar refractivity (Wildman–Crippen MR) is 113 cm³/mol. The highest BCUT2D eigenvalue weighted by Crippen LogP contribution is 2.23. The molecule has 0 atom stereocenters. The van der Waals surface area contributed by atoms with Gasteiger partial charge >= 0.3 is 0 Å². The maximum absolute atomic E-state index is 6.12. The Morgan fingerprint density at radius 2 is 1.00 bits per heavy atom. The normalized spacial score (nSPS) is 11.5. The van der Waals surface area contributed by atoms with Gasteiger partial charge in [-0.05, 0) is 24.3 Å². The summed E-state index contributed by atoms with van der Waals surface area (Å²) in [5, 5.41) is 14.5. The summed E-state index contributed by atoms with van der Waals surface area (Å²) in [5.41, 5.74) is 1.39. The topological polar surface area (TPSA) is 31.2 Å². The first-order chi connectivity index (χ1) is 12.4. The van der Waals surface area contributed by atoms with Crippen molar-refractivity contribution in [1.82, 2.24) is 10.0 Å². The molecule has 0 N–H and O–H groups in total. The fourth-order valence-corrected chi connectivity index (χ4v) is 2.98. The van der Waals surface area contributed by atoms with Crippen molar-refractivity contribution >= 4 is 58.8 Å². The molecule has 0 amide bonds. The molecule has 0 aromatic heterocycles. The average Bonchev–Trinajstić information content (AvgIpc) is 2.59. The molecular formula is C18H18Cl4N4. The van der Waals surface area contributed by atoms with Crippen LogP contribution in [0.4, 0.5) is 0 Å². The van der Waals surface area contributed by atoms with E-state index in [1.54, 1.807) is 58.8 Å². The summed E-state index contributed by atoms with van der Waals surface area (Å²) < 4.78 is 0. The van der Waals surface area contributed by atoms with E-state index in [9.17, 15) is 0 Å². The van der Waals surface area contributed by atoms with Crippen LogP contribution >= 0.6 is 46.4 Å². The minimum Gasteiger partial charge on any atom is -0.298 e. The number of likely N-dealkylation sites (N-methyl/N-ethyl adjacent to an activating group) is 2. The van der Waals surface area contributed by atoms with Crippen LogP contribution in [-0.2, 0) is 0 Å². The molecule has 2 rings (SSSR count). The van der Waals surface area contributed by atoms with Gasteiger partial charge < -0.3 is 0 Å². The van der Waals surface area contributed by atoms with Crippen LogP contribution in [0.2, 0.25) is 20.1 Å². The number of hydrogen-bond donors (Lipinski definition) is 0. The van der Waals surface area contributed by atoms with Crippen molar-refractivity contribution in [2.75, 3.05) is 27.2 Å². The molecule has 0 saturated carbocycles. The third-order valence-electron chi connectivity index (χ3n) is 3.51. The maximum atomic E-state index is 6.12. The number of hydrazone groups is 2. The number of nitrogens with zero attached hydrogens (tertiary/aromatic N) is 4. The summed E-state index contributed by atoms with van der Waals surface area (Å²) in [5.74, 6) is 0. The summed E-state index contributed by atoms with van der Waals surface area (Å²) >= 11 is 24.5. The zero-order valence-electron chi connectivity index (χ0n) is 14.3. The van der Waals surface area contributed by atoms with Gasteiger partial charge in [0.1, 0.15) is 0 Å². The van der Waals surface area contributed by atoms with Crippen molar-refractivity contribution in [2.24, 2.45) is 10.2 Å². The van der Waals surface area contributed by atoms with Crippen molar-refractivity contribution in [1.29, 1.82) is 0 Å². The number of benzene rings is 2. The first-order valence-corrected chi connectivity index (χ1v) is 9.28. The van der Waals surface area contributed by atoms with Crippen molar-refractivity contribution in [3.05, 3.63) is 67.6 Å². The van der Waals surface area contributed by atoms with E-state index < -0.39 is 0 Å². The van der Waals surface area contributed by atoms with Gasteiger partial charge in [-0.2, -0.15) is 10.2 Å². The molecule has 26 heavy (non-hydrogen) atoms. The number of rotatable bonds is 7. The van der Waals surface area contributed by atoms with Crippen LogP contribution < -0.4 is 0 Å². The molecule has 2 aromatic rings. The summed E-state index contributed by atoms with van der Waals surface area (Å²) in [6.07, 6.45) is 3.30. The molecule has 8 heteroatoms. The highest BCUT2D eigenvalue weighted by atomic mass is 35.5. The SMILES string of the molecule is CN(CCN(C)N=Cc1c(Cl)cccc1Cl)N=Cc1c(Cl)cccc1Cl. The summed E-state index contributed by atoms with van der Waals surface area (Å²) in [6.45, 7) is 1.31. The zero-order chi connectivity index (χ0) is 19.1. The second-order valence-corrected chi connectivity index (χ2v) is 7.15. The lowest BCUT2D eigenvalue weighted by Gasteiger charge is -2.18. The highest BCUT2D eigenvalue weighted by Gasteiger charge is 2.04. The highest BCUT2D eigenvalue weighted by molar-refractivity contribution is 6.39. The fourth-order valence-electron chi connectivity index (χ4n) is 1.99. The fraction of sp³-hybridized carbons (Fsp3) is 0.222. The molecule has 0 saturated heterocycles. The molecule has 0 fully saturated rings. The van der Waals surface area contributed by atoms with Gasteiger partial charge in [-0.1, -0.05) is 58.5 Å². The first kappa shape index (κ1) is 20.8. The summed E-state index contributed by atoms with van der Waals surface area (Å²) in [6, 6.07) is 10.7. The van der Waals surface area contributed by atoms with Gasteiger partial charge in [-0.15, -0.1) is 0 Å². The van der Waals surface area contributed by atoms with E-state index in [4.69, 9.17) is 46.4 Å². The third-order valence-corrected chi connectivity index (χ3v) is 4.83. The monoisotopic (exact) mass is 430 g/mol. The molecule has 0 aliphatic rings. The van der Waals surface area contributed by atoms with Crippen molar-refractivity contribution in [2.45, 2.75) is 0 Å². The predicted octanol–water partition coefficient (Wildman–Crippen LogP) is 5.53. The summed E-state index contributed by atoms with van der Waals surface area (Å²) in [7, 11) is 3.73. The Morgan fingerprint density at radius 3 is 1.31 bits per heavy atom. The van der Waals surface area contributed by atoms with Crippen LogP contribution in [0.5, 0.6) is 0 Å². The zero-order valence-corrected chi connectivity index (χ0v) is 17.4. The van der Waals surface area contributed by atoms with E-state index in [2.05, 4.69) is 10.2 Å². The van der Waals surface area contributed by atoms with Gasteiger partial charge in [0.05, 0.1) is 45.6 Å². The number of halogens is 4. The maximum Gasteiger partial charge on any atom is 0.0572 e. The lowest BCUT2D eigenvalue weighted by molar-refractivity contribution is 0.272. The van der Waals surface area contributed by atoms with Crippen LogP contribution in [0.1, 0.15) is 11.1 Å². The minimum atomic E-state index is 0.563. The van der Waals surface area contributed by atoms with Crippen LogP contribution in [0, 0.1) is 0 Å². The van der Waals surface area contributed by atoms with E-state index in [0.29, 0.717) is 44.3 Å². The van der Waals surface area contributed by atoms with Gasteiger partial charge in [0, 0.05) is 25.2 Å². The molecule has 138 valence electrons. The Morgan fingerprint density at radius 1 is 0.692 bits per heavy atom. The molecule has 0 unspecified atom stereocenters. The van der Waals surface area contributed by atoms with E-state index >= 15 is 0 Å². The van der Waals surface area contributed by atoms with E-state index in [1.807, 2.05) is 14.1 Å². The van der Waals surface area contributed by atoms with Crippen LogP contribution in [-0.4, -0.2) is 49.6 Å². The molecular weight excluding hydrogens is 414 g/mol. The average molecular weight is 432 g/mol. The Bertz CT molecular complexity index is 700. The Kier molecular flexibility index (Phi) is 8.04. The molecule has 2 aromatic carbocycles. The van der Waals surface area contributed by atoms with Crippen molar-refractivity contribution in [3.8, 4) is 0 Å². The quantitative estimate of drug-likeness (QED) is 0.426. The summed E-state index contributed by atoms with van der Waals surface area (Å²) in [4.78, 5) is 0. The van der Waals surface area contributed by atoms with Gasteiger partial charge in [-0.3, -0.25) is 10.0 Å². The molecule has 0 heterocycles. The first-order valence-electron chi connectivity index (χ1n) is 7.76. The molecule has 4 nitrogen and oxygen atoms in total. The van der Waals surface area contributed by atoms with Crippen LogP contribution in [0.25, 0.3) is 0 Å². The largest absolute Gasteiger partial charge is 0.298 e. The molecule has 0 spiro atoms. The lowest BCUT2D eigenvalue weighted by Crippen LogP contribution is -2.25. The Hall–Kier alpha value is -1.46. The number of hydrogen-bond acceptors (Lipinski definition) is 4. The van der Waals surface area contributed by atoms with Crippen LogP contribution in [0.15, 0.2) is 46.6 Å². The molecule has 0 aliphatic carbocycles. The van der Waals surface area contributed by atoms with Gasteiger partial charge in [-0.25, -0.2) is 0 Å². The second-order valence-electron chi connectivity index (χ2n) is 5.52. The standard InChI is InChI=1S/C18H18Cl4N4/c1-25(23-11-13-15(19)5-3-6-16(13)20)9-10-26(2)24-12-14-17(21)7-4-8-18(14)22/h3-8,11-12H,9-10H2,1-2H3. The van der Waals surface area contributed by atoms with Gasteiger partial charge in [0.25, 0.3) is 0 Å². The van der Waals surface area contributed by atoms with E-state index in [0.717, 1.165) is 0 Å². The third kappa shape index (κ3) is 6.06.